The van der Waals surface area contributed by atoms with E-state index in [1.807, 2.05) is 0 Å². The fourth-order valence-corrected chi connectivity index (χ4v) is 11.2. The van der Waals surface area contributed by atoms with E-state index in [1.54, 1.807) is 6.92 Å². The highest BCUT2D eigenvalue weighted by atomic mass is 16.5. The molecular weight excluding hydrogens is 476 g/mol. The minimum absolute atomic E-state index is 0.00130. The minimum Gasteiger partial charge on any atom is -0.465 e. The largest absolute Gasteiger partial charge is 0.465 e. The lowest BCUT2D eigenvalue weighted by molar-refractivity contribution is -0.212. The van der Waals surface area contributed by atoms with Crippen molar-refractivity contribution in [1.82, 2.24) is 0 Å². The van der Waals surface area contributed by atoms with Gasteiger partial charge in [0.05, 0.1) is 0 Å². The normalized spacial score (nSPS) is 43.6. The van der Waals surface area contributed by atoms with Crippen molar-refractivity contribution in [2.75, 3.05) is 6.61 Å². The van der Waals surface area contributed by atoms with Gasteiger partial charge in [-0.05, 0) is 103 Å². The van der Waals surface area contributed by atoms with E-state index >= 15 is 0 Å². The van der Waals surface area contributed by atoms with Crippen LogP contribution in [-0.4, -0.2) is 30.4 Å². The second-order valence-corrected chi connectivity index (χ2v) is 15.1. The number of fused-ring (bicyclic) bond motifs is 7. The van der Waals surface area contributed by atoms with Crippen molar-refractivity contribution in [2.24, 2.45) is 51.2 Å². The van der Waals surface area contributed by atoms with Crippen molar-refractivity contribution in [1.29, 1.82) is 0 Å². The third-order valence-corrected chi connectivity index (χ3v) is 12.5. The zero-order chi connectivity index (χ0) is 27.8. The predicted molar refractivity (Wildman–Crippen MR) is 147 cm³/mol. The molecule has 0 aromatic rings. The molecule has 0 N–H and O–H groups in total. The molecule has 0 spiro atoms. The van der Waals surface area contributed by atoms with Crippen LogP contribution in [-0.2, 0) is 23.9 Å². The molecule has 0 saturated heterocycles. The summed E-state index contributed by atoms with van der Waals surface area (Å²) < 4.78 is 11.5. The maximum Gasteiger partial charge on any atom is 0.302 e. The Bertz CT molecular complexity index is 1050. The first kappa shape index (κ1) is 27.9. The standard InChI is InChI=1S/C33H50O5/c1-19(2)28-24(36)17-33(18-37-20(3)34)16-11-23-22(29(28)33)9-10-26-31(23,7)14-12-25-30(5,6)27(38-21(4)35)13-15-32(25,26)8/h19,22-23,25-27H,9-18H2,1-8H3. The number of rotatable bonds is 4. The van der Waals surface area contributed by atoms with Crippen LogP contribution in [0.5, 0.6) is 0 Å². The summed E-state index contributed by atoms with van der Waals surface area (Å²) in [6, 6.07) is 0. The Labute approximate surface area is 229 Å². The number of hydrogen-bond donors (Lipinski definition) is 0. The smallest absolute Gasteiger partial charge is 0.302 e. The van der Waals surface area contributed by atoms with Crippen LogP contribution in [0.25, 0.3) is 0 Å². The van der Waals surface area contributed by atoms with E-state index in [-0.39, 0.29) is 51.4 Å². The highest BCUT2D eigenvalue weighted by Gasteiger charge is 2.66. The number of esters is 2. The third kappa shape index (κ3) is 3.95. The summed E-state index contributed by atoms with van der Waals surface area (Å²) in [5, 5.41) is 0. The predicted octanol–water partition coefficient (Wildman–Crippen LogP) is 7.07. The average molecular weight is 527 g/mol. The van der Waals surface area contributed by atoms with Gasteiger partial charge in [-0.2, -0.15) is 0 Å². The van der Waals surface area contributed by atoms with Crippen molar-refractivity contribution in [3.63, 3.8) is 0 Å². The molecular formula is C33H50O5. The van der Waals surface area contributed by atoms with Gasteiger partial charge in [0, 0.05) is 31.1 Å². The molecule has 0 amide bonds. The van der Waals surface area contributed by atoms with Gasteiger partial charge < -0.3 is 9.47 Å². The van der Waals surface area contributed by atoms with E-state index in [1.165, 1.54) is 31.8 Å². The zero-order valence-electron chi connectivity index (χ0n) is 25.1. The molecule has 212 valence electrons. The van der Waals surface area contributed by atoms with Crippen molar-refractivity contribution in [2.45, 2.75) is 119 Å². The van der Waals surface area contributed by atoms with Gasteiger partial charge in [-0.25, -0.2) is 0 Å². The van der Waals surface area contributed by atoms with Crippen LogP contribution in [0.15, 0.2) is 11.1 Å². The first-order valence-corrected chi connectivity index (χ1v) is 15.3. The van der Waals surface area contributed by atoms with Gasteiger partial charge in [-0.15, -0.1) is 0 Å². The second kappa shape index (κ2) is 9.20. The number of allylic oxidation sites excluding steroid dienone is 1. The highest BCUT2D eigenvalue weighted by molar-refractivity contribution is 6.00. The monoisotopic (exact) mass is 526 g/mol. The van der Waals surface area contributed by atoms with Crippen molar-refractivity contribution in [3.05, 3.63) is 11.1 Å². The number of carbonyl (C=O) groups excluding carboxylic acids is 3. The lowest BCUT2D eigenvalue weighted by Gasteiger charge is -2.68. The molecule has 0 radical (unpaired) electrons. The first-order valence-electron chi connectivity index (χ1n) is 15.3. The van der Waals surface area contributed by atoms with E-state index in [0.717, 1.165) is 37.7 Å². The van der Waals surface area contributed by atoms with E-state index in [0.29, 0.717) is 36.7 Å². The average Bonchev–Trinajstić information content (AvgIpc) is 3.12. The number of Topliss-reactive ketones (excluding diaryl/α,β-unsaturated/α-hetero) is 1. The quantitative estimate of drug-likeness (QED) is 0.366. The van der Waals surface area contributed by atoms with E-state index in [2.05, 4.69) is 41.5 Å². The molecule has 38 heavy (non-hydrogen) atoms. The molecule has 5 heteroatoms. The topological polar surface area (TPSA) is 69.7 Å². The summed E-state index contributed by atoms with van der Waals surface area (Å²) in [7, 11) is 0. The molecule has 5 aliphatic rings. The van der Waals surface area contributed by atoms with Crippen LogP contribution in [0.2, 0.25) is 0 Å². The fraction of sp³-hybridized carbons (Fsp3) is 0.848. The Morgan fingerprint density at radius 3 is 2.18 bits per heavy atom. The molecule has 4 saturated carbocycles. The summed E-state index contributed by atoms with van der Waals surface area (Å²) in [6.45, 7) is 17.5. The van der Waals surface area contributed by atoms with Gasteiger partial charge >= 0.3 is 11.9 Å². The molecule has 8 atom stereocenters. The summed E-state index contributed by atoms with van der Waals surface area (Å²) in [6.07, 6.45) is 9.32. The lowest BCUT2D eigenvalue weighted by Crippen LogP contribution is -2.63. The third-order valence-electron chi connectivity index (χ3n) is 12.5. The molecule has 0 aromatic carbocycles. The molecule has 4 fully saturated rings. The molecule has 5 aliphatic carbocycles. The van der Waals surface area contributed by atoms with Crippen LogP contribution in [0, 0.1) is 51.2 Å². The van der Waals surface area contributed by atoms with E-state index in [9.17, 15) is 14.4 Å². The van der Waals surface area contributed by atoms with Gasteiger partial charge in [-0.1, -0.05) is 41.5 Å². The Morgan fingerprint density at radius 2 is 1.55 bits per heavy atom. The fourth-order valence-electron chi connectivity index (χ4n) is 11.2. The van der Waals surface area contributed by atoms with Crippen molar-refractivity contribution >= 4 is 17.7 Å². The molecule has 0 bridgehead atoms. The molecule has 5 nitrogen and oxygen atoms in total. The Hall–Kier alpha value is -1.65. The van der Waals surface area contributed by atoms with Crippen molar-refractivity contribution < 1.29 is 23.9 Å². The van der Waals surface area contributed by atoms with Crippen LogP contribution < -0.4 is 0 Å². The lowest BCUT2D eigenvalue weighted by atomic mass is 9.36. The number of carbonyl (C=O) groups is 3. The van der Waals surface area contributed by atoms with Gasteiger partial charge in [0.25, 0.3) is 0 Å². The summed E-state index contributed by atoms with van der Waals surface area (Å²) in [4.78, 5) is 37.2. The summed E-state index contributed by atoms with van der Waals surface area (Å²) in [5.41, 5.74) is 2.56. The molecule has 0 aromatic heterocycles. The SMILES string of the molecule is CC(=O)OCC12CCC3C(CCC4C3(C)CCC3C(C)(C)C(OC(C)=O)CCC34C)C1=C(C(C)C)C(=O)C2. The van der Waals surface area contributed by atoms with Gasteiger partial charge in [0.15, 0.2) is 5.78 Å². The zero-order valence-corrected chi connectivity index (χ0v) is 25.1. The number of ketones is 1. The summed E-state index contributed by atoms with van der Waals surface area (Å²) >= 11 is 0. The van der Waals surface area contributed by atoms with Crippen molar-refractivity contribution in [3.8, 4) is 0 Å². The van der Waals surface area contributed by atoms with E-state index in [4.69, 9.17) is 9.47 Å². The van der Waals surface area contributed by atoms with Crippen LogP contribution in [0.1, 0.15) is 113 Å². The number of hydrogen-bond acceptors (Lipinski definition) is 5. The minimum atomic E-state index is -0.294. The molecule has 0 aliphatic heterocycles. The van der Waals surface area contributed by atoms with Crippen LogP contribution >= 0.6 is 0 Å². The first-order chi connectivity index (χ1) is 17.7. The van der Waals surface area contributed by atoms with E-state index < -0.39 is 0 Å². The Balaban J connectivity index is 1.50. The summed E-state index contributed by atoms with van der Waals surface area (Å²) in [5.74, 6) is 2.22. The van der Waals surface area contributed by atoms with Gasteiger partial charge in [0.1, 0.15) is 12.7 Å². The maximum absolute atomic E-state index is 13.5. The molecule has 5 rings (SSSR count). The Morgan fingerprint density at radius 1 is 0.868 bits per heavy atom. The highest BCUT2D eigenvalue weighted by Crippen LogP contribution is 2.73. The second-order valence-electron chi connectivity index (χ2n) is 15.1. The molecule has 8 unspecified atom stereocenters. The molecule has 0 heterocycles. The number of ether oxygens (including phenoxy) is 2. The van der Waals surface area contributed by atoms with Crippen LogP contribution in [0.4, 0.5) is 0 Å². The maximum atomic E-state index is 13.5. The van der Waals surface area contributed by atoms with Gasteiger partial charge in [0.2, 0.25) is 0 Å². The van der Waals surface area contributed by atoms with Crippen LogP contribution in [0.3, 0.4) is 0 Å². The Kier molecular flexibility index (Phi) is 6.75. The van der Waals surface area contributed by atoms with Gasteiger partial charge in [-0.3, -0.25) is 14.4 Å².